The molecule has 0 spiro atoms. The molecule has 102 valence electrons. The number of ether oxygens (including phenoxy) is 1. The molecule has 0 amide bonds. The minimum atomic E-state index is -1.04. The Bertz CT molecular complexity index is 663. The maximum atomic E-state index is 13.0. The van der Waals surface area contributed by atoms with E-state index in [1.807, 2.05) is 0 Å². The predicted octanol–water partition coefficient (Wildman–Crippen LogP) is 3.87. The lowest BCUT2D eigenvalue weighted by Crippen LogP contribution is -1.96. The predicted molar refractivity (Wildman–Crippen MR) is 72.7 cm³/mol. The van der Waals surface area contributed by atoms with Gasteiger partial charge in [0.1, 0.15) is 5.75 Å². The summed E-state index contributed by atoms with van der Waals surface area (Å²) in [5.41, 5.74) is 0.878. The van der Waals surface area contributed by atoms with Gasteiger partial charge < -0.3 is 4.74 Å². The molecule has 0 heterocycles. The molecule has 0 saturated carbocycles. The van der Waals surface area contributed by atoms with E-state index in [0.29, 0.717) is 5.75 Å². The summed E-state index contributed by atoms with van der Waals surface area (Å²) in [5, 5.41) is 0. The molecule has 2 nitrogen and oxygen atoms in total. The number of allylic oxidation sites excluding steroid dienone is 1. The fraction of sp³-hybridized carbons (Fsp3) is 0.0625. The van der Waals surface area contributed by atoms with E-state index in [4.69, 9.17) is 4.74 Å². The van der Waals surface area contributed by atoms with Crippen LogP contribution in [0, 0.1) is 11.6 Å². The molecule has 0 aliphatic carbocycles. The second kappa shape index (κ2) is 6.10. The van der Waals surface area contributed by atoms with Gasteiger partial charge in [0, 0.05) is 5.56 Å². The van der Waals surface area contributed by atoms with Crippen LogP contribution in [0.1, 0.15) is 15.9 Å². The van der Waals surface area contributed by atoms with Crippen LogP contribution in [0.3, 0.4) is 0 Å². The van der Waals surface area contributed by atoms with Gasteiger partial charge in [-0.15, -0.1) is 0 Å². The van der Waals surface area contributed by atoms with Crippen molar-refractivity contribution >= 4 is 11.9 Å². The van der Waals surface area contributed by atoms with Crippen LogP contribution in [0.2, 0.25) is 0 Å². The lowest BCUT2D eigenvalue weighted by molar-refractivity contribution is 0.104. The number of rotatable bonds is 4. The molecule has 0 unspecified atom stereocenters. The summed E-state index contributed by atoms with van der Waals surface area (Å²) in [6.07, 6.45) is 2.90. The molecule has 0 radical (unpaired) electrons. The summed E-state index contributed by atoms with van der Waals surface area (Å²) in [4.78, 5) is 11.8. The van der Waals surface area contributed by atoms with Gasteiger partial charge in [0.05, 0.1) is 7.11 Å². The number of carbonyl (C=O) groups excluding carboxylic acids is 1. The van der Waals surface area contributed by atoms with Crippen LogP contribution < -0.4 is 4.74 Å². The van der Waals surface area contributed by atoms with Gasteiger partial charge >= 0.3 is 0 Å². The highest BCUT2D eigenvalue weighted by Gasteiger charge is 2.07. The van der Waals surface area contributed by atoms with Crippen LogP contribution in [0.5, 0.6) is 5.75 Å². The van der Waals surface area contributed by atoms with E-state index in [1.54, 1.807) is 37.5 Å². The average Bonchev–Trinajstić information content (AvgIpc) is 2.47. The van der Waals surface area contributed by atoms with Crippen LogP contribution in [-0.4, -0.2) is 12.9 Å². The number of methoxy groups -OCH3 is 1. The third-order valence-electron chi connectivity index (χ3n) is 2.73. The monoisotopic (exact) mass is 274 g/mol. The van der Waals surface area contributed by atoms with Crippen LogP contribution >= 0.6 is 0 Å². The molecule has 0 aliphatic rings. The summed E-state index contributed by atoms with van der Waals surface area (Å²) < 4.78 is 30.9. The Morgan fingerprint density at radius 3 is 2.60 bits per heavy atom. The maximum absolute atomic E-state index is 13.0. The van der Waals surface area contributed by atoms with Gasteiger partial charge in [-0.05, 0) is 42.0 Å². The Kier molecular flexibility index (Phi) is 4.25. The molecule has 0 N–H and O–H groups in total. The largest absolute Gasteiger partial charge is 0.497 e. The smallest absolute Gasteiger partial charge is 0.185 e. The Morgan fingerprint density at radius 2 is 1.90 bits per heavy atom. The molecular formula is C16H12F2O2. The van der Waals surface area contributed by atoms with Crippen molar-refractivity contribution in [1.82, 2.24) is 0 Å². The summed E-state index contributed by atoms with van der Waals surface area (Å²) in [6.45, 7) is 0. The van der Waals surface area contributed by atoms with Crippen molar-refractivity contribution in [2.24, 2.45) is 0 Å². The lowest BCUT2D eigenvalue weighted by atomic mass is 10.1. The molecule has 0 saturated heterocycles. The van der Waals surface area contributed by atoms with E-state index in [9.17, 15) is 13.6 Å². The summed E-state index contributed by atoms with van der Waals surface area (Å²) in [7, 11) is 1.55. The van der Waals surface area contributed by atoms with Crippen LogP contribution in [0.15, 0.2) is 48.5 Å². The van der Waals surface area contributed by atoms with Gasteiger partial charge in [0.15, 0.2) is 17.4 Å². The number of ketones is 1. The minimum Gasteiger partial charge on any atom is -0.497 e. The van der Waals surface area contributed by atoms with Gasteiger partial charge in [-0.25, -0.2) is 8.78 Å². The topological polar surface area (TPSA) is 26.3 Å². The lowest BCUT2D eigenvalue weighted by Gasteiger charge is -2.00. The van der Waals surface area contributed by atoms with Crippen molar-refractivity contribution in [1.29, 1.82) is 0 Å². The molecule has 0 atom stereocenters. The van der Waals surface area contributed by atoms with Crippen LogP contribution in [0.25, 0.3) is 6.08 Å². The first kappa shape index (κ1) is 13.9. The molecule has 0 aromatic heterocycles. The van der Waals surface area contributed by atoms with Crippen molar-refractivity contribution in [3.05, 3.63) is 71.3 Å². The SMILES string of the molecule is COc1cccc(/C=C/C(=O)c2ccc(F)c(F)c2)c1. The van der Waals surface area contributed by atoms with Gasteiger partial charge in [-0.1, -0.05) is 18.2 Å². The molecular weight excluding hydrogens is 262 g/mol. The maximum Gasteiger partial charge on any atom is 0.185 e. The van der Waals surface area contributed by atoms with Gasteiger partial charge in [0.25, 0.3) is 0 Å². The van der Waals surface area contributed by atoms with Crippen molar-refractivity contribution in [2.45, 2.75) is 0 Å². The summed E-state index contributed by atoms with van der Waals surface area (Å²) in [5.74, 6) is -1.73. The number of carbonyl (C=O) groups is 1. The molecule has 2 rings (SSSR count). The molecule has 4 heteroatoms. The van der Waals surface area contributed by atoms with E-state index in [2.05, 4.69) is 0 Å². The van der Waals surface area contributed by atoms with E-state index in [0.717, 1.165) is 17.7 Å². The van der Waals surface area contributed by atoms with Crippen LogP contribution in [-0.2, 0) is 0 Å². The summed E-state index contributed by atoms with van der Waals surface area (Å²) >= 11 is 0. The highest BCUT2D eigenvalue weighted by Crippen LogP contribution is 2.15. The van der Waals surface area contributed by atoms with Gasteiger partial charge in [-0.2, -0.15) is 0 Å². The molecule has 2 aromatic rings. The van der Waals surface area contributed by atoms with Crippen molar-refractivity contribution in [3.63, 3.8) is 0 Å². The van der Waals surface area contributed by atoms with Gasteiger partial charge in [0.2, 0.25) is 0 Å². The van der Waals surface area contributed by atoms with E-state index >= 15 is 0 Å². The summed E-state index contributed by atoms with van der Waals surface area (Å²) in [6, 6.07) is 10.2. The van der Waals surface area contributed by atoms with Crippen LogP contribution in [0.4, 0.5) is 8.78 Å². The number of hydrogen-bond donors (Lipinski definition) is 0. The number of benzene rings is 2. The molecule has 20 heavy (non-hydrogen) atoms. The first-order chi connectivity index (χ1) is 9.60. The minimum absolute atomic E-state index is 0.100. The zero-order valence-electron chi connectivity index (χ0n) is 10.8. The second-order valence-corrected chi connectivity index (χ2v) is 4.10. The molecule has 2 aromatic carbocycles. The quantitative estimate of drug-likeness (QED) is 0.625. The van der Waals surface area contributed by atoms with E-state index in [1.165, 1.54) is 12.1 Å². The zero-order valence-corrected chi connectivity index (χ0v) is 10.8. The Hall–Kier alpha value is -2.49. The standard InChI is InChI=1S/C16H12F2O2/c1-20-13-4-2-3-11(9-13)5-8-16(19)12-6-7-14(17)15(18)10-12/h2-10H,1H3/b8-5+. The average molecular weight is 274 g/mol. The number of hydrogen-bond acceptors (Lipinski definition) is 2. The third kappa shape index (κ3) is 3.29. The third-order valence-corrected chi connectivity index (χ3v) is 2.73. The van der Waals surface area contributed by atoms with Crippen molar-refractivity contribution in [2.75, 3.05) is 7.11 Å². The Balaban J connectivity index is 2.17. The molecule has 0 bridgehead atoms. The first-order valence-electron chi connectivity index (χ1n) is 5.91. The first-order valence-corrected chi connectivity index (χ1v) is 5.91. The molecule has 0 aliphatic heterocycles. The van der Waals surface area contributed by atoms with E-state index in [-0.39, 0.29) is 5.56 Å². The Morgan fingerprint density at radius 1 is 1.10 bits per heavy atom. The zero-order chi connectivity index (χ0) is 14.5. The second-order valence-electron chi connectivity index (χ2n) is 4.10. The Labute approximate surface area is 115 Å². The normalized spacial score (nSPS) is 10.8. The fourth-order valence-electron chi connectivity index (χ4n) is 1.66. The molecule has 0 fully saturated rings. The highest BCUT2D eigenvalue weighted by atomic mass is 19.2. The van der Waals surface area contributed by atoms with E-state index < -0.39 is 17.4 Å². The van der Waals surface area contributed by atoms with Gasteiger partial charge in [-0.3, -0.25) is 4.79 Å². The van der Waals surface area contributed by atoms with Crippen molar-refractivity contribution < 1.29 is 18.3 Å². The van der Waals surface area contributed by atoms with Crippen molar-refractivity contribution in [3.8, 4) is 5.75 Å². The fourth-order valence-corrected chi connectivity index (χ4v) is 1.66. The number of halogens is 2. The highest BCUT2D eigenvalue weighted by molar-refractivity contribution is 6.06.